The van der Waals surface area contributed by atoms with Gasteiger partial charge in [-0.15, -0.1) is 0 Å². The first-order valence-electron chi connectivity index (χ1n) is 7.33. The number of sulfonamides is 1. The van der Waals surface area contributed by atoms with Crippen molar-refractivity contribution < 1.29 is 13.5 Å². The molecule has 0 spiro atoms. The zero-order valence-electron chi connectivity index (χ0n) is 11.8. The number of aliphatic hydroxyl groups is 1. The van der Waals surface area contributed by atoms with Crippen molar-refractivity contribution in [2.45, 2.75) is 36.6 Å². The first kappa shape index (κ1) is 14.6. The van der Waals surface area contributed by atoms with Crippen LogP contribution in [0.2, 0.25) is 0 Å². The van der Waals surface area contributed by atoms with Crippen LogP contribution in [-0.4, -0.2) is 37.0 Å². The molecule has 2 bridgehead atoms. The van der Waals surface area contributed by atoms with E-state index in [1.807, 2.05) is 0 Å². The second-order valence-electron chi connectivity index (χ2n) is 5.71. The lowest BCUT2D eigenvalue weighted by Gasteiger charge is -2.26. The molecule has 1 saturated heterocycles. The van der Waals surface area contributed by atoms with E-state index < -0.39 is 10.0 Å². The third-order valence-corrected chi connectivity index (χ3v) is 6.22. The summed E-state index contributed by atoms with van der Waals surface area (Å²) in [4.78, 5) is 0.350. The van der Waals surface area contributed by atoms with Gasteiger partial charge in [0, 0.05) is 24.6 Å². The Kier molecular flexibility index (Phi) is 4.03. The molecule has 112 valence electrons. The topological polar surface area (TPSA) is 57.6 Å². The molecule has 21 heavy (non-hydrogen) atoms. The predicted octanol–water partition coefficient (Wildman–Crippen LogP) is 1.59. The third kappa shape index (κ3) is 2.84. The van der Waals surface area contributed by atoms with Crippen molar-refractivity contribution in [1.29, 1.82) is 0 Å². The fraction of sp³-hybridized carbons (Fsp3) is 0.500. The summed E-state index contributed by atoms with van der Waals surface area (Å²) in [6.45, 7) is 0.710. The van der Waals surface area contributed by atoms with Crippen molar-refractivity contribution in [1.82, 2.24) is 4.31 Å². The molecular weight excluding hydrogens is 286 g/mol. The maximum Gasteiger partial charge on any atom is 0.243 e. The second-order valence-corrected chi connectivity index (χ2v) is 7.60. The Morgan fingerprint density at radius 2 is 2.00 bits per heavy atom. The number of aliphatic hydroxyl groups excluding tert-OH is 1. The number of fused-ring (bicyclic) bond motifs is 2. The molecule has 2 fully saturated rings. The summed E-state index contributed by atoms with van der Waals surface area (Å²) in [6, 6.07) is 6.91. The van der Waals surface area contributed by atoms with Gasteiger partial charge in [0.05, 0.1) is 11.5 Å². The SMILES string of the molecule is O=S(=O)(c1ccc(C#CCCO)cc1)N1CC2CCC1C2. The minimum absolute atomic E-state index is 0.0387. The highest BCUT2D eigenvalue weighted by molar-refractivity contribution is 7.89. The van der Waals surface area contributed by atoms with Crippen LogP contribution < -0.4 is 0 Å². The number of nitrogens with zero attached hydrogens (tertiary/aromatic N) is 1. The normalized spacial score (nSPS) is 24.8. The van der Waals surface area contributed by atoms with Crippen LogP contribution in [0.25, 0.3) is 0 Å². The molecule has 1 aliphatic heterocycles. The maximum absolute atomic E-state index is 12.7. The highest BCUT2D eigenvalue weighted by atomic mass is 32.2. The molecule has 1 aliphatic carbocycles. The Bertz CT molecular complexity index is 670. The minimum atomic E-state index is -3.37. The van der Waals surface area contributed by atoms with Gasteiger partial charge in [0.25, 0.3) is 0 Å². The summed E-state index contributed by atoms with van der Waals surface area (Å²) in [5.74, 6) is 6.28. The Labute approximate surface area is 125 Å². The van der Waals surface area contributed by atoms with E-state index in [9.17, 15) is 8.42 Å². The average Bonchev–Trinajstić information content (AvgIpc) is 3.11. The van der Waals surface area contributed by atoms with Crippen molar-refractivity contribution in [3.63, 3.8) is 0 Å². The van der Waals surface area contributed by atoms with Crippen molar-refractivity contribution in [2.24, 2.45) is 5.92 Å². The third-order valence-electron chi connectivity index (χ3n) is 4.29. The molecule has 5 heteroatoms. The summed E-state index contributed by atoms with van der Waals surface area (Å²) in [5, 5.41) is 8.68. The second kappa shape index (κ2) is 5.80. The quantitative estimate of drug-likeness (QED) is 0.863. The smallest absolute Gasteiger partial charge is 0.243 e. The summed E-state index contributed by atoms with van der Waals surface area (Å²) < 4.78 is 27.0. The largest absolute Gasteiger partial charge is 0.395 e. The number of rotatable bonds is 3. The molecular formula is C16H19NO3S. The molecule has 1 aromatic carbocycles. The fourth-order valence-corrected chi connectivity index (χ4v) is 4.98. The fourth-order valence-electron chi connectivity index (χ4n) is 3.24. The summed E-state index contributed by atoms with van der Waals surface area (Å²) >= 11 is 0. The molecule has 2 atom stereocenters. The van der Waals surface area contributed by atoms with Gasteiger partial charge in [-0.1, -0.05) is 11.8 Å². The predicted molar refractivity (Wildman–Crippen MR) is 80.0 cm³/mol. The highest BCUT2D eigenvalue weighted by Crippen LogP contribution is 2.40. The standard InChI is InChI=1S/C16H19NO3S/c18-10-2-1-3-13-5-8-16(9-6-13)21(19,20)17-12-14-4-7-15(17)11-14/h5-6,8-9,14-15,18H,2,4,7,10-12H2. The van der Waals surface area contributed by atoms with Gasteiger partial charge in [-0.25, -0.2) is 8.42 Å². The number of benzene rings is 1. The number of hydrogen-bond donors (Lipinski definition) is 1. The van der Waals surface area contributed by atoms with E-state index in [4.69, 9.17) is 5.11 Å². The van der Waals surface area contributed by atoms with Crippen LogP contribution in [-0.2, 0) is 10.0 Å². The van der Waals surface area contributed by atoms with Crippen molar-refractivity contribution >= 4 is 10.0 Å². The lowest BCUT2D eigenvalue weighted by Crippen LogP contribution is -2.37. The average molecular weight is 305 g/mol. The Morgan fingerprint density at radius 3 is 2.57 bits per heavy atom. The van der Waals surface area contributed by atoms with Crippen LogP contribution in [0.1, 0.15) is 31.2 Å². The van der Waals surface area contributed by atoms with Crippen LogP contribution in [0, 0.1) is 17.8 Å². The van der Waals surface area contributed by atoms with Gasteiger partial charge < -0.3 is 5.11 Å². The van der Waals surface area contributed by atoms with Gasteiger partial charge in [-0.2, -0.15) is 4.31 Å². The first-order chi connectivity index (χ1) is 10.1. The van der Waals surface area contributed by atoms with Crippen molar-refractivity contribution in [3.8, 4) is 11.8 Å². The van der Waals surface area contributed by atoms with E-state index in [1.165, 1.54) is 0 Å². The van der Waals surface area contributed by atoms with E-state index >= 15 is 0 Å². The molecule has 0 aromatic heterocycles. The molecule has 1 N–H and O–H groups in total. The van der Waals surface area contributed by atoms with Crippen LogP contribution in [0.3, 0.4) is 0 Å². The van der Waals surface area contributed by atoms with Crippen LogP contribution >= 0.6 is 0 Å². The molecule has 1 aromatic rings. The summed E-state index contributed by atoms with van der Waals surface area (Å²) in [7, 11) is -3.37. The Morgan fingerprint density at radius 1 is 1.24 bits per heavy atom. The summed E-state index contributed by atoms with van der Waals surface area (Å²) in [5.41, 5.74) is 0.769. The van der Waals surface area contributed by atoms with E-state index in [0.717, 1.165) is 24.8 Å². The van der Waals surface area contributed by atoms with Crippen LogP contribution in [0.5, 0.6) is 0 Å². The van der Waals surface area contributed by atoms with Gasteiger partial charge in [-0.05, 0) is 49.4 Å². The maximum atomic E-state index is 12.7. The zero-order valence-corrected chi connectivity index (χ0v) is 12.6. The zero-order chi connectivity index (χ0) is 14.9. The molecule has 1 heterocycles. The molecule has 0 amide bonds. The summed E-state index contributed by atoms with van der Waals surface area (Å²) in [6.07, 6.45) is 3.60. The molecule has 2 aliphatic rings. The molecule has 1 saturated carbocycles. The molecule has 2 unspecified atom stereocenters. The van der Waals surface area contributed by atoms with Gasteiger partial charge in [0.15, 0.2) is 0 Å². The molecule has 4 nitrogen and oxygen atoms in total. The van der Waals surface area contributed by atoms with E-state index in [0.29, 0.717) is 23.8 Å². The Balaban J connectivity index is 1.79. The first-order valence-corrected chi connectivity index (χ1v) is 8.77. The van der Waals surface area contributed by atoms with Gasteiger partial charge >= 0.3 is 0 Å². The van der Waals surface area contributed by atoms with E-state index in [1.54, 1.807) is 28.6 Å². The van der Waals surface area contributed by atoms with E-state index in [2.05, 4.69) is 11.8 Å². The van der Waals surface area contributed by atoms with Gasteiger partial charge in [0.1, 0.15) is 0 Å². The lowest BCUT2D eigenvalue weighted by atomic mass is 10.1. The molecule has 0 radical (unpaired) electrons. The van der Waals surface area contributed by atoms with Crippen molar-refractivity contribution in [2.75, 3.05) is 13.2 Å². The number of piperidine rings is 1. The lowest BCUT2D eigenvalue weighted by molar-refractivity contribution is 0.305. The monoisotopic (exact) mass is 305 g/mol. The van der Waals surface area contributed by atoms with Crippen LogP contribution in [0.4, 0.5) is 0 Å². The Hall–Kier alpha value is -1.35. The highest BCUT2D eigenvalue weighted by Gasteiger charge is 2.44. The van der Waals surface area contributed by atoms with Gasteiger partial charge in [0.2, 0.25) is 10.0 Å². The molecule has 3 rings (SSSR count). The minimum Gasteiger partial charge on any atom is -0.395 e. The van der Waals surface area contributed by atoms with Gasteiger partial charge in [-0.3, -0.25) is 0 Å². The van der Waals surface area contributed by atoms with Crippen molar-refractivity contribution in [3.05, 3.63) is 29.8 Å². The van der Waals surface area contributed by atoms with Crippen LogP contribution in [0.15, 0.2) is 29.2 Å². The van der Waals surface area contributed by atoms with E-state index in [-0.39, 0.29) is 12.6 Å². The number of hydrogen-bond acceptors (Lipinski definition) is 3.